The minimum atomic E-state index is -0.944. The van der Waals surface area contributed by atoms with Crippen molar-refractivity contribution in [3.63, 3.8) is 0 Å². The third-order valence-corrected chi connectivity index (χ3v) is 5.98. The lowest BCUT2D eigenvalue weighted by atomic mass is 10.2. The van der Waals surface area contributed by atoms with Gasteiger partial charge in [-0.05, 0) is 50.1 Å². The molecule has 1 aliphatic rings. The van der Waals surface area contributed by atoms with E-state index in [0.29, 0.717) is 29.3 Å². The summed E-state index contributed by atoms with van der Waals surface area (Å²) in [7, 11) is 0. The fourth-order valence-electron chi connectivity index (χ4n) is 3.32. The molecule has 0 unspecified atom stereocenters. The quantitative estimate of drug-likeness (QED) is 0.740. The summed E-state index contributed by atoms with van der Waals surface area (Å²) >= 11 is 7.29. The third-order valence-electron chi connectivity index (χ3n) is 4.63. The molecule has 3 aromatic rings. The number of rotatable bonds is 3. The maximum atomic E-state index is 12.9. The molecule has 1 N–H and O–H groups in total. The number of aromatic nitrogens is 2. The Hall–Kier alpha value is -2.38. The number of thiophene rings is 1. The standard InChI is InChI=1S/C18H16ClN3O3S/c1-10-13-9-15(16(23)21-8-2-3-14(21)18(24)25)26-17(13)22(20-10)12-6-4-11(19)5-7-12/h4-7,9,14H,2-3,8H2,1H3,(H,24,25)/t14-/m1/s1. The average molecular weight is 390 g/mol. The van der Waals surface area contributed by atoms with Gasteiger partial charge in [0.1, 0.15) is 10.9 Å². The lowest BCUT2D eigenvalue weighted by Crippen LogP contribution is -2.40. The van der Waals surface area contributed by atoms with Gasteiger partial charge in [-0.15, -0.1) is 11.3 Å². The van der Waals surface area contributed by atoms with Crippen LogP contribution in [0.25, 0.3) is 15.9 Å². The van der Waals surface area contributed by atoms with Crippen molar-refractivity contribution in [3.05, 3.63) is 45.9 Å². The van der Waals surface area contributed by atoms with Crippen LogP contribution in [0.2, 0.25) is 5.02 Å². The third kappa shape index (κ3) is 2.77. The number of likely N-dealkylation sites (tertiary alicyclic amines) is 1. The van der Waals surface area contributed by atoms with Gasteiger partial charge in [0.05, 0.1) is 16.3 Å². The Morgan fingerprint density at radius 1 is 1.31 bits per heavy atom. The molecule has 0 bridgehead atoms. The predicted molar refractivity (Wildman–Crippen MR) is 100 cm³/mol. The molecule has 134 valence electrons. The molecule has 8 heteroatoms. The maximum absolute atomic E-state index is 12.9. The molecule has 1 aromatic carbocycles. The first kappa shape index (κ1) is 17.1. The summed E-state index contributed by atoms with van der Waals surface area (Å²) in [6.45, 7) is 2.37. The number of benzene rings is 1. The second kappa shape index (κ2) is 6.41. The number of nitrogens with zero attached hydrogens (tertiary/aromatic N) is 3. The van der Waals surface area contributed by atoms with Crippen LogP contribution >= 0.6 is 22.9 Å². The summed E-state index contributed by atoms with van der Waals surface area (Å²) in [5.74, 6) is -1.17. The van der Waals surface area contributed by atoms with Crippen LogP contribution < -0.4 is 0 Å². The molecule has 26 heavy (non-hydrogen) atoms. The zero-order valence-electron chi connectivity index (χ0n) is 14.0. The number of amides is 1. The fourth-order valence-corrected chi connectivity index (χ4v) is 4.58. The average Bonchev–Trinajstić information content (AvgIpc) is 3.31. The van der Waals surface area contributed by atoms with Crippen LogP contribution in [0.1, 0.15) is 28.2 Å². The Kier molecular flexibility index (Phi) is 4.20. The van der Waals surface area contributed by atoms with E-state index < -0.39 is 12.0 Å². The van der Waals surface area contributed by atoms with Crippen molar-refractivity contribution in [1.82, 2.24) is 14.7 Å². The predicted octanol–water partition coefficient (Wildman–Crippen LogP) is 3.74. The molecule has 0 saturated carbocycles. The van der Waals surface area contributed by atoms with Crippen LogP contribution in [0.5, 0.6) is 0 Å². The molecule has 1 atom stereocenters. The molecule has 0 aliphatic carbocycles. The number of hydrogen-bond acceptors (Lipinski definition) is 4. The van der Waals surface area contributed by atoms with Gasteiger partial charge in [-0.3, -0.25) is 4.79 Å². The van der Waals surface area contributed by atoms with Gasteiger partial charge < -0.3 is 10.0 Å². The second-order valence-electron chi connectivity index (χ2n) is 6.30. The molecule has 1 amide bonds. The molecule has 0 spiro atoms. The van der Waals surface area contributed by atoms with Crippen LogP contribution in [0.3, 0.4) is 0 Å². The van der Waals surface area contributed by atoms with E-state index in [9.17, 15) is 14.7 Å². The van der Waals surface area contributed by atoms with Crippen molar-refractivity contribution in [1.29, 1.82) is 0 Å². The highest BCUT2D eigenvalue weighted by Gasteiger charge is 2.35. The van der Waals surface area contributed by atoms with Gasteiger partial charge in [0.2, 0.25) is 0 Å². The van der Waals surface area contributed by atoms with Gasteiger partial charge in [0.15, 0.2) is 0 Å². The van der Waals surface area contributed by atoms with Gasteiger partial charge in [0.25, 0.3) is 5.91 Å². The largest absolute Gasteiger partial charge is 0.480 e. The molecule has 3 heterocycles. The molecule has 1 fully saturated rings. The Balaban J connectivity index is 1.74. The van der Waals surface area contributed by atoms with Crippen LogP contribution in [0, 0.1) is 6.92 Å². The zero-order chi connectivity index (χ0) is 18.4. The summed E-state index contributed by atoms with van der Waals surface area (Å²) in [6, 6.07) is 8.41. The number of carboxylic acids is 1. The molecule has 6 nitrogen and oxygen atoms in total. The van der Waals surface area contributed by atoms with E-state index in [1.165, 1.54) is 16.2 Å². The molecule has 1 aliphatic heterocycles. The number of fused-ring (bicyclic) bond motifs is 1. The van der Waals surface area contributed by atoms with Crippen molar-refractivity contribution in [2.24, 2.45) is 0 Å². The van der Waals surface area contributed by atoms with Gasteiger partial charge in [0, 0.05) is 17.0 Å². The van der Waals surface area contributed by atoms with E-state index in [2.05, 4.69) is 5.10 Å². The number of carboxylic acid groups (broad SMARTS) is 1. The highest BCUT2D eigenvalue weighted by Crippen LogP contribution is 2.32. The van der Waals surface area contributed by atoms with E-state index in [-0.39, 0.29) is 5.91 Å². The molecule has 2 aromatic heterocycles. The molecular weight excluding hydrogens is 374 g/mol. The first-order valence-electron chi connectivity index (χ1n) is 8.24. The Morgan fingerprint density at radius 3 is 2.73 bits per heavy atom. The first-order valence-corrected chi connectivity index (χ1v) is 9.44. The first-order chi connectivity index (χ1) is 12.5. The van der Waals surface area contributed by atoms with E-state index in [1.54, 1.807) is 16.8 Å². The summed E-state index contributed by atoms with van der Waals surface area (Å²) in [5, 5.41) is 15.4. The molecule has 0 radical (unpaired) electrons. The summed E-state index contributed by atoms with van der Waals surface area (Å²) in [6.07, 6.45) is 1.22. The van der Waals surface area contributed by atoms with Gasteiger partial charge in [-0.25, -0.2) is 9.48 Å². The smallest absolute Gasteiger partial charge is 0.326 e. The van der Waals surface area contributed by atoms with Gasteiger partial charge >= 0.3 is 5.97 Å². The minimum Gasteiger partial charge on any atom is -0.480 e. The Labute approximate surface area is 158 Å². The zero-order valence-corrected chi connectivity index (χ0v) is 15.5. The minimum absolute atomic E-state index is 0.224. The number of carbonyl (C=O) groups is 2. The number of aryl methyl sites for hydroxylation is 1. The molecular formula is C18H16ClN3O3S. The second-order valence-corrected chi connectivity index (χ2v) is 7.77. The monoisotopic (exact) mass is 389 g/mol. The summed E-state index contributed by atoms with van der Waals surface area (Å²) < 4.78 is 1.79. The fraction of sp³-hybridized carbons (Fsp3) is 0.278. The van der Waals surface area contributed by atoms with Gasteiger partial charge in [-0.1, -0.05) is 11.6 Å². The normalized spacial score (nSPS) is 17.2. The van der Waals surface area contributed by atoms with Crippen molar-refractivity contribution in [2.75, 3.05) is 6.54 Å². The van der Waals surface area contributed by atoms with E-state index in [0.717, 1.165) is 21.6 Å². The summed E-state index contributed by atoms with van der Waals surface area (Å²) in [5.41, 5.74) is 1.68. The Morgan fingerprint density at radius 2 is 2.04 bits per heavy atom. The van der Waals surface area contributed by atoms with Gasteiger partial charge in [-0.2, -0.15) is 5.10 Å². The lowest BCUT2D eigenvalue weighted by molar-refractivity contribution is -0.141. The summed E-state index contributed by atoms with van der Waals surface area (Å²) in [4.78, 5) is 27.1. The maximum Gasteiger partial charge on any atom is 0.326 e. The van der Waals surface area contributed by atoms with Crippen molar-refractivity contribution in [3.8, 4) is 5.69 Å². The SMILES string of the molecule is Cc1nn(-c2ccc(Cl)cc2)c2sc(C(=O)N3CCC[C@@H]3C(=O)O)cc12. The van der Waals surface area contributed by atoms with Crippen molar-refractivity contribution < 1.29 is 14.7 Å². The molecule has 4 rings (SSSR count). The topological polar surface area (TPSA) is 75.4 Å². The van der Waals surface area contributed by atoms with E-state index in [1.807, 2.05) is 25.1 Å². The number of aliphatic carboxylic acids is 1. The van der Waals surface area contributed by atoms with Crippen LogP contribution in [0.4, 0.5) is 0 Å². The van der Waals surface area contributed by atoms with Crippen molar-refractivity contribution >= 4 is 45.0 Å². The van der Waals surface area contributed by atoms with Crippen LogP contribution in [-0.2, 0) is 4.79 Å². The highest BCUT2D eigenvalue weighted by atomic mass is 35.5. The number of halogens is 1. The molecule has 1 saturated heterocycles. The highest BCUT2D eigenvalue weighted by molar-refractivity contribution is 7.20. The van der Waals surface area contributed by atoms with Crippen LogP contribution in [0.15, 0.2) is 30.3 Å². The Bertz CT molecular complexity index is 1010. The number of hydrogen-bond donors (Lipinski definition) is 1. The van der Waals surface area contributed by atoms with Crippen molar-refractivity contribution in [2.45, 2.75) is 25.8 Å². The van der Waals surface area contributed by atoms with Crippen LogP contribution in [-0.4, -0.2) is 44.3 Å². The lowest BCUT2D eigenvalue weighted by Gasteiger charge is -2.20. The van der Waals surface area contributed by atoms with E-state index >= 15 is 0 Å². The van der Waals surface area contributed by atoms with E-state index in [4.69, 9.17) is 11.6 Å². The number of carbonyl (C=O) groups excluding carboxylic acids is 1.